The summed E-state index contributed by atoms with van der Waals surface area (Å²) in [7, 11) is 0. The number of rotatable bonds is 1. The van der Waals surface area contributed by atoms with E-state index >= 15 is 0 Å². The molecule has 0 aliphatic carbocycles. The van der Waals surface area contributed by atoms with Crippen LogP contribution in [-0.4, -0.2) is 26.4 Å². The molecule has 7 N–H and O–H groups in total. The quantitative estimate of drug-likeness (QED) is 0.346. The second-order valence-corrected chi connectivity index (χ2v) is 2.54. The van der Waals surface area contributed by atoms with Gasteiger partial charge in [-0.25, -0.2) is 0 Å². The zero-order valence-corrected chi connectivity index (χ0v) is 7.60. The first-order valence-corrected chi connectivity index (χ1v) is 3.87. The topological polar surface area (TPSA) is 139 Å². The van der Waals surface area contributed by atoms with Gasteiger partial charge in [0.1, 0.15) is 0 Å². The van der Waals surface area contributed by atoms with E-state index in [9.17, 15) is 10.4 Å². The molecule has 0 aliphatic rings. The lowest BCUT2D eigenvalue weighted by molar-refractivity contribution is 0.141. The first-order chi connectivity index (χ1) is 6.50. The highest BCUT2D eigenvalue weighted by molar-refractivity contribution is 5.51. The Balaban J connectivity index is 3.79. The minimum atomic E-state index is -0.430. The summed E-state index contributed by atoms with van der Waals surface area (Å²) in [5.41, 5.74) is 10.1. The lowest BCUT2D eigenvalue weighted by Gasteiger charge is -2.09. The minimum absolute atomic E-state index is 0.151. The second kappa shape index (κ2) is 3.32. The highest BCUT2D eigenvalue weighted by Gasteiger charge is 2.09. The highest BCUT2D eigenvalue weighted by atomic mass is 16.5. The molecule has 0 spiro atoms. The predicted molar refractivity (Wildman–Crippen MR) is 47.6 cm³/mol. The number of nitrogens with zero attached hydrogens (tertiary/aromatic N) is 3. The van der Waals surface area contributed by atoms with Gasteiger partial charge in [0.15, 0.2) is 11.6 Å². The van der Waals surface area contributed by atoms with Crippen molar-refractivity contribution in [3.05, 3.63) is 11.0 Å². The number of anilines is 2. The number of nitrogens with one attached hydrogen (secondary N) is 1. The van der Waals surface area contributed by atoms with E-state index in [2.05, 4.69) is 4.99 Å². The maximum atomic E-state index is 9.39. The van der Waals surface area contributed by atoms with Gasteiger partial charge in [-0.3, -0.25) is 10.4 Å². The van der Waals surface area contributed by atoms with Gasteiger partial charge in [-0.2, -0.15) is 0 Å². The van der Waals surface area contributed by atoms with E-state index in [4.69, 9.17) is 16.9 Å². The van der Waals surface area contributed by atoms with Crippen LogP contribution in [0.2, 0.25) is 0 Å². The Morgan fingerprint density at radius 2 is 1.79 bits per heavy atom. The molecule has 0 atom stereocenters. The summed E-state index contributed by atoms with van der Waals surface area (Å²) in [4.78, 5) is 3.78. The molecule has 0 radical (unpaired) electrons. The molecule has 8 nitrogen and oxygen atoms in total. The molecule has 0 amide bonds. The van der Waals surface area contributed by atoms with Gasteiger partial charge >= 0.3 is 0 Å². The highest BCUT2D eigenvalue weighted by Crippen LogP contribution is 2.04. The summed E-state index contributed by atoms with van der Waals surface area (Å²) in [5.74, 6) is -0.580. The Kier molecular flexibility index (Phi) is 2.36. The van der Waals surface area contributed by atoms with Gasteiger partial charge in [0.2, 0.25) is 11.0 Å². The molecule has 0 saturated carbocycles. The molecule has 0 bridgehead atoms. The molecular formula is C6H12N6O2. The van der Waals surface area contributed by atoms with Crippen molar-refractivity contribution in [2.75, 3.05) is 18.0 Å². The van der Waals surface area contributed by atoms with Crippen molar-refractivity contribution < 1.29 is 10.4 Å². The first kappa shape index (κ1) is 9.96. The summed E-state index contributed by atoms with van der Waals surface area (Å²) in [5, 5.41) is 26.0. The molecule has 8 heteroatoms. The van der Waals surface area contributed by atoms with Crippen LogP contribution in [-0.2, 0) is 0 Å². The number of hydrogen-bond acceptors (Lipinski definition) is 6. The van der Waals surface area contributed by atoms with Crippen molar-refractivity contribution in [2.45, 2.75) is 6.92 Å². The smallest absolute Gasteiger partial charge is 0.212 e. The Morgan fingerprint density at radius 3 is 2.29 bits per heavy atom. The monoisotopic (exact) mass is 200 g/mol. The second-order valence-electron chi connectivity index (χ2n) is 2.54. The molecule has 0 saturated heterocycles. The van der Waals surface area contributed by atoms with Crippen molar-refractivity contribution in [1.82, 2.24) is 9.46 Å². The Hall–Kier alpha value is -2.12. The molecule has 1 rings (SSSR count). The standard InChI is InChI=1S/C6H12N6O2/c1-2-10-6-5(9)11(13)3(7)4(8)12(6)14/h9,13-14H,2,7-8H2,1H3. The minimum Gasteiger partial charge on any atom is -0.425 e. The number of nitrogens with two attached hydrogens (primary N) is 2. The van der Waals surface area contributed by atoms with Crippen LogP contribution in [0.5, 0.6) is 0 Å². The van der Waals surface area contributed by atoms with E-state index in [0.29, 0.717) is 16.0 Å². The molecule has 0 aliphatic heterocycles. The van der Waals surface area contributed by atoms with Gasteiger partial charge in [-0.05, 0) is 6.92 Å². The molecule has 78 valence electrons. The van der Waals surface area contributed by atoms with Crippen molar-refractivity contribution in [3.8, 4) is 0 Å². The molecule has 0 fully saturated rings. The molecule has 1 heterocycles. The van der Waals surface area contributed by atoms with Crippen molar-refractivity contribution >= 4 is 11.6 Å². The van der Waals surface area contributed by atoms with Crippen LogP contribution in [0.4, 0.5) is 11.6 Å². The number of hydrogen-bond donors (Lipinski definition) is 5. The zero-order chi connectivity index (χ0) is 10.9. The summed E-state index contributed by atoms with van der Waals surface area (Å²) in [6, 6.07) is 0. The van der Waals surface area contributed by atoms with Crippen LogP contribution in [0.25, 0.3) is 0 Å². The Morgan fingerprint density at radius 1 is 1.29 bits per heavy atom. The lowest BCUT2D eigenvalue weighted by atomic mass is 10.5. The van der Waals surface area contributed by atoms with E-state index in [-0.39, 0.29) is 17.1 Å². The third-order valence-electron chi connectivity index (χ3n) is 1.65. The lowest BCUT2D eigenvalue weighted by Crippen LogP contribution is -2.43. The summed E-state index contributed by atoms with van der Waals surface area (Å²) in [6.07, 6.45) is 0. The summed E-state index contributed by atoms with van der Waals surface area (Å²) < 4.78 is 0.824. The van der Waals surface area contributed by atoms with Crippen molar-refractivity contribution in [3.63, 3.8) is 0 Å². The van der Waals surface area contributed by atoms with Crippen molar-refractivity contribution in [1.29, 1.82) is 5.41 Å². The Bertz CT molecular complexity index is 470. The number of aromatic nitrogens is 2. The first-order valence-electron chi connectivity index (χ1n) is 3.87. The molecule has 1 aromatic rings. The molecule has 1 aromatic heterocycles. The fraction of sp³-hybridized carbons (Fsp3) is 0.333. The van der Waals surface area contributed by atoms with E-state index in [0.717, 1.165) is 0 Å². The average Bonchev–Trinajstić information content (AvgIpc) is 2.19. The van der Waals surface area contributed by atoms with Crippen LogP contribution in [0.1, 0.15) is 6.92 Å². The van der Waals surface area contributed by atoms with Crippen LogP contribution >= 0.6 is 0 Å². The van der Waals surface area contributed by atoms with E-state index in [1.807, 2.05) is 0 Å². The predicted octanol–water partition coefficient (Wildman–Crippen LogP) is -1.67. The number of nitrogen functional groups attached to an aromatic ring is 2. The molecule has 0 aromatic carbocycles. The van der Waals surface area contributed by atoms with Crippen LogP contribution < -0.4 is 22.4 Å². The third kappa shape index (κ3) is 1.26. The SMILES string of the molecule is CCN=c1c(=N)n(O)c(N)c(N)n1O. The summed E-state index contributed by atoms with van der Waals surface area (Å²) in [6.45, 7) is 2.06. The molecule has 14 heavy (non-hydrogen) atoms. The van der Waals surface area contributed by atoms with Crippen LogP contribution in [0.15, 0.2) is 4.99 Å². The van der Waals surface area contributed by atoms with Crippen LogP contribution in [0.3, 0.4) is 0 Å². The van der Waals surface area contributed by atoms with Gasteiger partial charge in [-0.15, -0.1) is 9.46 Å². The van der Waals surface area contributed by atoms with E-state index in [1.165, 1.54) is 0 Å². The van der Waals surface area contributed by atoms with Gasteiger partial charge in [0.25, 0.3) is 0 Å². The largest absolute Gasteiger partial charge is 0.425 e. The average molecular weight is 200 g/mol. The maximum Gasteiger partial charge on any atom is 0.212 e. The molecular weight excluding hydrogens is 188 g/mol. The van der Waals surface area contributed by atoms with Gasteiger partial charge in [-0.1, -0.05) is 0 Å². The normalized spacial score (nSPS) is 11.9. The molecule has 0 unspecified atom stereocenters. The fourth-order valence-electron chi connectivity index (χ4n) is 0.938. The van der Waals surface area contributed by atoms with E-state index < -0.39 is 5.49 Å². The van der Waals surface area contributed by atoms with Gasteiger partial charge in [0, 0.05) is 6.54 Å². The zero-order valence-electron chi connectivity index (χ0n) is 7.60. The van der Waals surface area contributed by atoms with Gasteiger partial charge in [0.05, 0.1) is 0 Å². The van der Waals surface area contributed by atoms with Gasteiger partial charge < -0.3 is 21.9 Å². The Labute approximate surface area is 78.8 Å². The van der Waals surface area contributed by atoms with Crippen LogP contribution in [0, 0.1) is 5.41 Å². The summed E-state index contributed by atoms with van der Waals surface area (Å²) >= 11 is 0. The van der Waals surface area contributed by atoms with Crippen molar-refractivity contribution in [2.24, 2.45) is 4.99 Å². The van der Waals surface area contributed by atoms with E-state index in [1.54, 1.807) is 6.92 Å². The third-order valence-corrected chi connectivity index (χ3v) is 1.65. The maximum absolute atomic E-state index is 9.39. The fourth-order valence-corrected chi connectivity index (χ4v) is 0.938.